The molecule has 8 heteroatoms. The van der Waals surface area contributed by atoms with Crippen LogP contribution in [0.4, 0.5) is 36.3 Å². The summed E-state index contributed by atoms with van der Waals surface area (Å²) in [6, 6.07) is 14.3. The first kappa shape index (κ1) is 22.4. The molecule has 1 heterocycles. The first-order valence-electron chi connectivity index (χ1n) is 10.1. The van der Waals surface area contributed by atoms with Crippen molar-refractivity contribution in [3.05, 3.63) is 65.9 Å². The lowest BCUT2D eigenvalue weighted by atomic mass is 10.1. The van der Waals surface area contributed by atoms with Crippen LogP contribution in [0.1, 0.15) is 38.3 Å². The molecule has 2 N–H and O–H groups in total. The second-order valence-electron chi connectivity index (χ2n) is 7.08. The van der Waals surface area contributed by atoms with Gasteiger partial charge in [-0.25, -0.2) is 4.98 Å². The number of aromatic nitrogens is 2. The number of halogens is 3. The van der Waals surface area contributed by atoms with Crippen LogP contribution in [-0.4, -0.2) is 16.1 Å². The van der Waals surface area contributed by atoms with Gasteiger partial charge in [-0.05, 0) is 55.7 Å². The zero-order chi connectivity index (χ0) is 22.4. The average molecular weight is 430 g/mol. The molecule has 0 radical (unpaired) electrons. The van der Waals surface area contributed by atoms with Crippen molar-refractivity contribution in [2.24, 2.45) is 0 Å². The largest absolute Gasteiger partial charge is 0.491 e. The van der Waals surface area contributed by atoms with Crippen molar-refractivity contribution >= 4 is 23.1 Å². The Balaban J connectivity index is 1.86. The van der Waals surface area contributed by atoms with Gasteiger partial charge in [0.05, 0.1) is 6.10 Å². The summed E-state index contributed by atoms with van der Waals surface area (Å²) < 4.78 is 46.3. The van der Waals surface area contributed by atoms with E-state index in [1.54, 1.807) is 36.4 Å². The highest BCUT2D eigenvalue weighted by Gasteiger charge is 2.35. The van der Waals surface area contributed by atoms with Crippen LogP contribution in [0, 0.1) is 0 Å². The summed E-state index contributed by atoms with van der Waals surface area (Å²) in [5.41, 5.74) is 1.17. The van der Waals surface area contributed by atoms with Crippen LogP contribution in [-0.2, 0) is 12.6 Å². The minimum Gasteiger partial charge on any atom is -0.491 e. The predicted molar refractivity (Wildman–Crippen MR) is 116 cm³/mol. The van der Waals surface area contributed by atoms with Crippen molar-refractivity contribution in [2.45, 2.75) is 45.9 Å². The van der Waals surface area contributed by atoms with Gasteiger partial charge in [-0.15, -0.1) is 0 Å². The van der Waals surface area contributed by atoms with Crippen molar-refractivity contribution in [1.82, 2.24) is 9.97 Å². The first-order chi connectivity index (χ1) is 14.8. The Morgan fingerprint density at radius 1 is 1.00 bits per heavy atom. The molecule has 0 aliphatic heterocycles. The molecule has 1 unspecified atom stereocenters. The second-order valence-corrected chi connectivity index (χ2v) is 7.08. The maximum absolute atomic E-state index is 13.5. The minimum atomic E-state index is -4.59. The lowest BCUT2D eigenvalue weighted by Crippen LogP contribution is -2.13. The van der Waals surface area contributed by atoms with Gasteiger partial charge in [-0.3, -0.25) is 0 Å². The van der Waals surface area contributed by atoms with Gasteiger partial charge in [-0.2, -0.15) is 18.2 Å². The van der Waals surface area contributed by atoms with E-state index < -0.39 is 11.7 Å². The molecule has 0 bridgehead atoms. The molecule has 31 heavy (non-hydrogen) atoms. The van der Waals surface area contributed by atoms with E-state index in [9.17, 15) is 13.2 Å². The number of rotatable bonds is 8. The highest BCUT2D eigenvalue weighted by atomic mass is 19.4. The number of nitrogens with one attached hydrogen (secondary N) is 2. The summed E-state index contributed by atoms with van der Waals surface area (Å²) in [6.07, 6.45) is -2.15. The molecule has 1 aromatic heterocycles. The molecule has 3 aromatic rings. The standard InChI is InChI=1S/C23H25F3N4O/c1-4-15(3)31-18-12-10-17(11-13-18)28-22-27-14-19(23(24,25)26)21(30-22)29-20-9-7-6-8-16(20)5-2/h6-15H,4-5H2,1-3H3,(H2,27,28,29,30). The smallest absolute Gasteiger partial charge is 0.421 e. The predicted octanol–water partition coefficient (Wildman–Crippen LogP) is 6.72. The Bertz CT molecular complexity index is 1010. The summed E-state index contributed by atoms with van der Waals surface area (Å²) >= 11 is 0. The minimum absolute atomic E-state index is 0.0556. The van der Waals surface area contributed by atoms with E-state index in [0.717, 1.165) is 18.2 Å². The molecule has 0 spiro atoms. The maximum Gasteiger partial charge on any atom is 0.421 e. The molecule has 0 aliphatic rings. The van der Waals surface area contributed by atoms with Gasteiger partial charge in [0.2, 0.25) is 5.95 Å². The number of hydrogen-bond acceptors (Lipinski definition) is 5. The lowest BCUT2D eigenvalue weighted by Gasteiger charge is -2.16. The molecule has 3 rings (SSSR count). The van der Waals surface area contributed by atoms with Gasteiger partial charge in [-0.1, -0.05) is 32.0 Å². The van der Waals surface area contributed by atoms with Crippen LogP contribution < -0.4 is 15.4 Å². The number of benzene rings is 2. The third-order valence-electron chi connectivity index (χ3n) is 4.77. The number of ether oxygens (including phenoxy) is 1. The van der Waals surface area contributed by atoms with Crippen LogP contribution in [0.3, 0.4) is 0 Å². The number of para-hydroxylation sites is 1. The molecule has 164 valence electrons. The number of anilines is 4. The van der Waals surface area contributed by atoms with Gasteiger partial charge in [0.1, 0.15) is 17.1 Å². The van der Waals surface area contributed by atoms with Crippen molar-refractivity contribution in [3.63, 3.8) is 0 Å². The third-order valence-corrected chi connectivity index (χ3v) is 4.77. The monoisotopic (exact) mass is 430 g/mol. The zero-order valence-electron chi connectivity index (χ0n) is 17.6. The van der Waals surface area contributed by atoms with Gasteiger partial charge < -0.3 is 15.4 Å². The molecule has 1 atom stereocenters. The van der Waals surface area contributed by atoms with E-state index in [-0.39, 0.29) is 17.9 Å². The summed E-state index contributed by atoms with van der Waals surface area (Å²) in [5, 5.41) is 5.78. The summed E-state index contributed by atoms with van der Waals surface area (Å²) in [5.74, 6) is 0.467. The van der Waals surface area contributed by atoms with Crippen LogP contribution in [0.2, 0.25) is 0 Å². The molecule has 0 saturated heterocycles. The van der Waals surface area contributed by atoms with Gasteiger partial charge in [0, 0.05) is 17.6 Å². The Morgan fingerprint density at radius 3 is 2.35 bits per heavy atom. The summed E-state index contributed by atoms with van der Waals surface area (Å²) in [6.45, 7) is 5.95. The van der Waals surface area contributed by atoms with E-state index in [4.69, 9.17) is 4.74 Å². The van der Waals surface area contributed by atoms with Gasteiger partial charge in [0.25, 0.3) is 0 Å². The van der Waals surface area contributed by atoms with E-state index in [1.807, 2.05) is 32.9 Å². The second kappa shape index (κ2) is 9.68. The van der Waals surface area contributed by atoms with Crippen molar-refractivity contribution in [2.75, 3.05) is 10.6 Å². The quantitative estimate of drug-likeness (QED) is 0.415. The van der Waals surface area contributed by atoms with E-state index in [2.05, 4.69) is 20.6 Å². The Morgan fingerprint density at radius 2 is 1.71 bits per heavy atom. The Hall–Kier alpha value is -3.29. The fourth-order valence-corrected chi connectivity index (χ4v) is 2.88. The van der Waals surface area contributed by atoms with Crippen LogP contribution >= 0.6 is 0 Å². The molecule has 0 amide bonds. The zero-order valence-corrected chi connectivity index (χ0v) is 17.6. The molecular formula is C23H25F3N4O. The molecule has 0 saturated carbocycles. The van der Waals surface area contributed by atoms with Crippen molar-refractivity contribution < 1.29 is 17.9 Å². The van der Waals surface area contributed by atoms with E-state index in [1.165, 1.54) is 0 Å². The first-order valence-corrected chi connectivity index (χ1v) is 10.1. The Kier molecular flexibility index (Phi) is 6.99. The van der Waals surface area contributed by atoms with E-state index >= 15 is 0 Å². The molecule has 0 fully saturated rings. The van der Waals surface area contributed by atoms with Gasteiger partial charge in [0.15, 0.2) is 0 Å². The molecule has 2 aromatic carbocycles. The number of aryl methyl sites for hydroxylation is 1. The SMILES string of the molecule is CCc1ccccc1Nc1nc(Nc2ccc(OC(C)CC)cc2)ncc1C(F)(F)F. The normalized spacial score (nSPS) is 12.3. The fraction of sp³-hybridized carbons (Fsp3) is 0.304. The Labute approximate surface area is 179 Å². The number of nitrogens with zero attached hydrogens (tertiary/aromatic N) is 2. The highest BCUT2D eigenvalue weighted by Crippen LogP contribution is 2.36. The van der Waals surface area contributed by atoms with Crippen molar-refractivity contribution in [3.8, 4) is 5.75 Å². The van der Waals surface area contributed by atoms with Gasteiger partial charge >= 0.3 is 6.18 Å². The molecule has 5 nitrogen and oxygen atoms in total. The molecular weight excluding hydrogens is 405 g/mol. The molecule has 0 aliphatic carbocycles. The van der Waals surface area contributed by atoms with E-state index in [0.29, 0.717) is 23.5 Å². The average Bonchev–Trinajstić information content (AvgIpc) is 2.75. The topological polar surface area (TPSA) is 59.1 Å². The lowest BCUT2D eigenvalue weighted by molar-refractivity contribution is -0.137. The number of hydrogen-bond donors (Lipinski definition) is 2. The third kappa shape index (κ3) is 5.87. The van der Waals surface area contributed by atoms with Crippen LogP contribution in [0.25, 0.3) is 0 Å². The maximum atomic E-state index is 13.5. The van der Waals surface area contributed by atoms with Crippen molar-refractivity contribution in [1.29, 1.82) is 0 Å². The highest BCUT2D eigenvalue weighted by molar-refractivity contribution is 5.65. The number of alkyl halides is 3. The summed E-state index contributed by atoms with van der Waals surface area (Å²) in [7, 11) is 0. The van der Waals surface area contributed by atoms with Crippen LogP contribution in [0.15, 0.2) is 54.7 Å². The summed E-state index contributed by atoms with van der Waals surface area (Å²) in [4.78, 5) is 7.96. The fourth-order valence-electron chi connectivity index (χ4n) is 2.88. The van der Waals surface area contributed by atoms with Crippen LogP contribution in [0.5, 0.6) is 5.75 Å².